The molecule has 4 heteroatoms. The van der Waals surface area contributed by atoms with E-state index in [1.807, 2.05) is 54.6 Å². The van der Waals surface area contributed by atoms with Crippen LogP contribution in [0.1, 0.15) is 35.5 Å². The highest BCUT2D eigenvalue weighted by Crippen LogP contribution is 2.23. The molecule has 146 valence electrons. The van der Waals surface area contributed by atoms with Crippen LogP contribution in [0.5, 0.6) is 0 Å². The summed E-state index contributed by atoms with van der Waals surface area (Å²) in [6.45, 7) is 6.71. The summed E-state index contributed by atoms with van der Waals surface area (Å²) in [5.41, 5.74) is 5.21. The van der Waals surface area contributed by atoms with Crippen molar-refractivity contribution in [3.63, 3.8) is 0 Å². The maximum absolute atomic E-state index is 13.3. The number of aryl methyl sites for hydroxylation is 2. The van der Waals surface area contributed by atoms with E-state index < -0.39 is 0 Å². The molecule has 0 saturated heterocycles. The van der Waals surface area contributed by atoms with Gasteiger partial charge in [-0.25, -0.2) is 4.98 Å². The Balaban J connectivity index is 1.82. The monoisotopic (exact) mass is 383 g/mol. The minimum atomic E-state index is -0.128. The Morgan fingerprint density at radius 1 is 0.966 bits per heavy atom. The molecule has 4 rings (SSSR count). The molecule has 0 radical (unpaired) electrons. The van der Waals surface area contributed by atoms with Crippen LogP contribution in [0.15, 0.2) is 77.6 Å². The fraction of sp³-hybridized carbons (Fsp3) is 0.200. The molecule has 0 aliphatic rings. The Morgan fingerprint density at radius 2 is 1.69 bits per heavy atom. The van der Waals surface area contributed by atoms with Gasteiger partial charge in [-0.15, -0.1) is 0 Å². The zero-order valence-electron chi connectivity index (χ0n) is 17.0. The SMILES string of the molecule is Cc1ccc(C)c(N[C@H](C)c2nc3ccccc3c(=O)n2Cc2ccccc2)c1. The molecule has 1 N–H and O–H groups in total. The van der Waals surface area contributed by atoms with Crippen molar-refractivity contribution in [1.29, 1.82) is 0 Å². The number of anilines is 1. The third-order valence-electron chi connectivity index (χ3n) is 5.23. The number of hydrogen-bond acceptors (Lipinski definition) is 3. The fourth-order valence-electron chi connectivity index (χ4n) is 3.62. The Bertz CT molecular complexity index is 1210. The van der Waals surface area contributed by atoms with Gasteiger partial charge >= 0.3 is 0 Å². The summed E-state index contributed by atoms with van der Waals surface area (Å²) in [6, 6.07) is 23.8. The molecule has 29 heavy (non-hydrogen) atoms. The number of nitrogens with one attached hydrogen (secondary N) is 1. The highest BCUT2D eigenvalue weighted by atomic mass is 16.1. The lowest BCUT2D eigenvalue weighted by Crippen LogP contribution is -2.29. The first-order valence-electron chi connectivity index (χ1n) is 9.90. The van der Waals surface area contributed by atoms with Crippen molar-refractivity contribution in [2.24, 2.45) is 0 Å². The number of fused-ring (bicyclic) bond motifs is 1. The van der Waals surface area contributed by atoms with E-state index in [-0.39, 0.29) is 11.6 Å². The van der Waals surface area contributed by atoms with E-state index in [1.165, 1.54) is 11.1 Å². The predicted octanol–water partition coefficient (Wildman–Crippen LogP) is 5.23. The number of nitrogens with zero attached hydrogens (tertiary/aromatic N) is 2. The molecule has 0 spiro atoms. The van der Waals surface area contributed by atoms with E-state index in [1.54, 1.807) is 4.57 Å². The van der Waals surface area contributed by atoms with Gasteiger partial charge in [-0.1, -0.05) is 54.6 Å². The Kier molecular flexibility index (Phi) is 5.17. The first-order chi connectivity index (χ1) is 14.0. The second-order valence-corrected chi connectivity index (χ2v) is 7.55. The third-order valence-corrected chi connectivity index (χ3v) is 5.23. The number of para-hydroxylation sites is 1. The number of hydrogen-bond donors (Lipinski definition) is 1. The van der Waals surface area contributed by atoms with Crippen molar-refractivity contribution in [3.05, 3.63) is 106 Å². The van der Waals surface area contributed by atoms with Gasteiger partial charge in [-0.05, 0) is 55.7 Å². The molecule has 1 atom stereocenters. The number of benzene rings is 3. The summed E-state index contributed by atoms with van der Waals surface area (Å²) in [6.07, 6.45) is 0. The van der Waals surface area contributed by atoms with Crippen molar-refractivity contribution in [1.82, 2.24) is 9.55 Å². The van der Waals surface area contributed by atoms with Crippen LogP contribution in [0.25, 0.3) is 10.9 Å². The van der Waals surface area contributed by atoms with E-state index in [9.17, 15) is 4.79 Å². The third kappa shape index (κ3) is 3.92. The smallest absolute Gasteiger partial charge is 0.261 e. The zero-order chi connectivity index (χ0) is 20.4. The van der Waals surface area contributed by atoms with Crippen molar-refractivity contribution in [3.8, 4) is 0 Å². The first kappa shape index (κ1) is 18.9. The van der Waals surface area contributed by atoms with E-state index in [0.29, 0.717) is 11.9 Å². The van der Waals surface area contributed by atoms with Gasteiger partial charge in [0.1, 0.15) is 5.82 Å². The van der Waals surface area contributed by atoms with E-state index >= 15 is 0 Å². The van der Waals surface area contributed by atoms with Crippen molar-refractivity contribution < 1.29 is 0 Å². The lowest BCUT2D eigenvalue weighted by molar-refractivity contribution is 0.641. The molecule has 0 unspecified atom stereocenters. The molecule has 4 nitrogen and oxygen atoms in total. The van der Waals surface area contributed by atoms with Crippen molar-refractivity contribution >= 4 is 16.6 Å². The van der Waals surface area contributed by atoms with E-state index in [0.717, 1.165) is 22.6 Å². The summed E-state index contributed by atoms with van der Waals surface area (Å²) >= 11 is 0. The Morgan fingerprint density at radius 3 is 2.48 bits per heavy atom. The summed E-state index contributed by atoms with van der Waals surface area (Å²) in [5.74, 6) is 0.735. The molecular formula is C25H25N3O. The first-order valence-corrected chi connectivity index (χ1v) is 9.90. The zero-order valence-corrected chi connectivity index (χ0v) is 17.0. The molecule has 4 aromatic rings. The highest BCUT2D eigenvalue weighted by Gasteiger charge is 2.17. The maximum Gasteiger partial charge on any atom is 0.261 e. The summed E-state index contributed by atoms with van der Waals surface area (Å²) in [5, 5.41) is 4.21. The van der Waals surface area contributed by atoms with Crippen LogP contribution < -0.4 is 10.9 Å². The molecule has 3 aromatic carbocycles. The molecular weight excluding hydrogens is 358 g/mol. The quantitative estimate of drug-likeness (QED) is 0.513. The lowest BCUT2D eigenvalue weighted by Gasteiger charge is -2.21. The minimum Gasteiger partial charge on any atom is -0.375 e. The lowest BCUT2D eigenvalue weighted by atomic mass is 10.1. The van der Waals surface area contributed by atoms with Gasteiger partial charge in [-0.2, -0.15) is 0 Å². The van der Waals surface area contributed by atoms with Gasteiger partial charge in [0.25, 0.3) is 5.56 Å². The summed E-state index contributed by atoms with van der Waals surface area (Å²) in [7, 11) is 0. The van der Waals surface area contributed by atoms with Crippen molar-refractivity contribution in [2.45, 2.75) is 33.4 Å². The van der Waals surface area contributed by atoms with Crippen LogP contribution in [0, 0.1) is 13.8 Å². The summed E-state index contributed by atoms with van der Waals surface area (Å²) < 4.78 is 1.79. The van der Waals surface area contributed by atoms with Gasteiger partial charge in [0.15, 0.2) is 0 Å². The normalized spacial score (nSPS) is 12.1. The average Bonchev–Trinajstić information content (AvgIpc) is 2.73. The van der Waals surface area contributed by atoms with Gasteiger partial charge < -0.3 is 5.32 Å². The van der Waals surface area contributed by atoms with Crippen LogP contribution in [-0.2, 0) is 6.54 Å². The maximum atomic E-state index is 13.3. The van der Waals surface area contributed by atoms with Crippen LogP contribution in [0.2, 0.25) is 0 Å². The van der Waals surface area contributed by atoms with Gasteiger partial charge in [0, 0.05) is 5.69 Å². The number of aromatic nitrogens is 2. The predicted molar refractivity (Wildman–Crippen MR) is 120 cm³/mol. The molecule has 0 fully saturated rings. The number of rotatable bonds is 5. The molecule has 0 bridgehead atoms. The molecule has 0 aliphatic carbocycles. The highest BCUT2D eigenvalue weighted by molar-refractivity contribution is 5.77. The molecule has 0 saturated carbocycles. The Labute approximate surface area is 170 Å². The van der Waals surface area contributed by atoms with Crippen LogP contribution in [-0.4, -0.2) is 9.55 Å². The van der Waals surface area contributed by atoms with Gasteiger partial charge in [0.05, 0.1) is 23.5 Å². The molecule has 0 amide bonds. The Hall–Kier alpha value is -3.40. The largest absolute Gasteiger partial charge is 0.375 e. The van der Waals surface area contributed by atoms with Crippen LogP contribution >= 0.6 is 0 Å². The molecule has 1 heterocycles. The second-order valence-electron chi connectivity index (χ2n) is 7.55. The van der Waals surface area contributed by atoms with Crippen LogP contribution in [0.4, 0.5) is 5.69 Å². The van der Waals surface area contributed by atoms with Crippen molar-refractivity contribution in [2.75, 3.05) is 5.32 Å². The van der Waals surface area contributed by atoms with E-state index in [2.05, 4.69) is 44.3 Å². The van der Waals surface area contributed by atoms with E-state index in [4.69, 9.17) is 4.98 Å². The standard InChI is InChI=1S/C25H25N3O/c1-17-13-14-18(2)23(15-17)26-19(3)24-27-22-12-8-7-11-21(22)25(29)28(24)16-20-9-5-4-6-10-20/h4-15,19,26H,16H2,1-3H3/t19-/m1/s1. The average molecular weight is 383 g/mol. The van der Waals surface area contributed by atoms with Crippen LogP contribution in [0.3, 0.4) is 0 Å². The fourth-order valence-corrected chi connectivity index (χ4v) is 3.62. The van der Waals surface area contributed by atoms with Gasteiger partial charge in [-0.3, -0.25) is 9.36 Å². The topological polar surface area (TPSA) is 46.9 Å². The minimum absolute atomic E-state index is 0.0101. The van der Waals surface area contributed by atoms with Gasteiger partial charge in [0.2, 0.25) is 0 Å². The summed E-state index contributed by atoms with van der Waals surface area (Å²) in [4.78, 5) is 18.2. The second kappa shape index (κ2) is 7.92. The molecule has 1 aromatic heterocycles. The molecule has 0 aliphatic heterocycles.